The molecule has 1 aromatic carbocycles. The van der Waals surface area contributed by atoms with Crippen LogP contribution in [0, 0.1) is 5.82 Å². The molecular weight excluding hydrogens is 281 g/mol. The van der Waals surface area contributed by atoms with Gasteiger partial charge in [0, 0.05) is 12.1 Å². The third kappa shape index (κ3) is 2.43. The Kier molecular flexibility index (Phi) is 3.48. The lowest BCUT2D eigenvalue weighted by molar-refractivity contribution is 0.245. The maximum absolute atomic E-state index is 13.1. The molecule has 1 aromatic heterocycles. The van der Waals surface area contributed by atoms with Crippen molar-refractivity contribution in [2.45, 2.75) is 25.2 Å². The normalized spacial score (nSPS) is 22.9. The number of halogens is 2. The molecule has 2 aromatic rings. The fraction of sp³-hybridized carbons (Fsp3) is 0.429. The molecule has 4 nitrogen and oxygen atoms in total. The van der Waals surface area contributed by atoms with Crippen molar-refractivity contribution in [1.82, 2.24) is 15.5 Å². The molecule has 1 saturated heterocycles. The number of nitrogens with zero attached hydrogens (tertiary/aromatic N) is 2. The monoisotopic (exact) mass is 295 g/mol. The van der Waals surface area contributed by atoms with E-state index in [4.69, 9.17) is 16.1 Å². The van der Waals surface area contributed by atoms with E-state index in [2.05, 4.69) is 22.4 Å². The average Bonchev–Trinajstić information content (AvgIpc) is 2.90. The van der Waals surface area contributed by atoms with E-state index in [0.717, 1.165) is 25.9 Å². The van der Waals surface area contributed by atoms with Gasteiger partial charge in [0.05, 0.1) is 10.4 Å². The van der Waals surface area contributed by atoms with E-state index in [-0.39, 0.29) is 16.3 Å². The Balaban J connectivity index is 1.93. The predicted octanol–water partition coefficient (Wildman–Crippen LogP) is 3.17. The molecule has 0 amide bonds. The summed E-state index contributed by atoms with van der Waals surface area (Å²) in [5, 5.41) is 7.60. The number of piperidine rings is 1. The van der Waals surface area contributed by atoms with Gasteiger partial charge in [-0.1, -0.05) is 16.8 Å². The van der Waals surface area contributed by atoms with Gasteiger partial charge in [-0.15, -0.1) is 0 Å². The van der Waals surface area contributed by atoms with Crippen LogP contribution in [0.5, 0.6) is 0 Å². The van der Waals surface area contributed by atoms with Gasteiger partial charge in [0.2, 0.25) is 11.7 Å². The van der Waals surface area contributed by atoms with Crippen molar-refractivity contribution < 1.29 is 8.91 Å². The lowest BCUT2D eigenvalue weighted by Crippen LogP contribution is -2.41. The maximum Gasteiger partial charge on any atom is 0.234 e. The van der Waals surface area contributed by atoms with Gasteiger partial charge in [0.15, 0.2) is 0 Å². The first kappa shape index (κ1) is 13.5. The summed E-state index contributed by atoms with van der Waals surface area (Å²) in [7, 11) is 0. The van der Waals surface area contributed by atoms with Gasteiger partial charge >= 0.3 is 0 Å². The second-order valence-corrected chi connectivity index (χ2v) is 5.80. The highest BCUT2D eigenvalue weighted by molar-refractivity contribution is 6.33. The topological polar surface area (TPSA) is 51.0 Å². The molecule has 1 N–H and O–H groups in total. The second kappa shape index (κ2) is 5.14. The Morgan fingerprint density at radius 1 is 1.45 bits per heavy atom. The summed E-state index contributed by atoms with van der Waals surface area (Å²) in [4.78, 5) is 4.44. The number of rotatable bonds is 2. The molecule has 1 atom stereocenters. The molecule has 1 fully saturated rings. The second-order valence-electron chi connectivity index (χ2n) is 5.39. The molecule has 106 valence electrons. The quantitative estimate of drug-likeness (QED) is 0.924. The zero-order valence-corrected chi connectivity index (χ0v) is 11.9. The molecular formula is C14H15ClFN3O. The van der Waals surface area contributed by atoms with Crippen molar-refractivity contribution in [3.05, 3.63) is 34.9 Å². The van der Waals surface area contributed by atoms with E-state index in [9.17, 15) is 4.39 Å². The van der Waals surface area contributed by atoms with Crippen molar-refractivity contribution >= 4 is 11.6 Å². The van der Waals surface area contributed by atoms with Crippen molar-refractivity contribution in [2.75, 3.05) is 13.1 Å². The molecule has 0 saturated carbocycles. The van der Waals surface area contributed by atoms with Gasteiger partial charge in [-0.2, -0.15) is 4.98 Å². The summed E-state index contributed by atoms with van der Waals surface area (Å²) in [6.45, 7) is 3.93. The van der Waals surface area contributed by atoms with Crippen LogP contribution in [0.25, 0.3) is 11.4 Å². The van der Waals surface area contributed by atoms with Gasteiger partial charge < -0.3 is 9.84 Å². The molecule has 6 heteroatoms. The van der Waals surface area contributed by atoms with Gasteiger partial charge in [0.1, 0.15) is 5.82 Å². The van der Waals surface area contributed by atoms with Gasteiger partial charge in [-0.3, -0.25) is 0 Å². The molecule has 0 spiro atoms. The molecule has 1 aliphatic heterocycles. The Hall–Kier alpha value is -1.46. The van der Waals surface area contributed by atoms with E-state index in [1.165, 1.54) is 12.1 Å². The minimum atomic E-state index is -0.383. The highest BCUT2D eigenvalue weighted by Gasteiger charge is 2.34. The van der Waals surface area contributed by atoms with E-state index in [1.807, 2.05) is 0 Å². The van der Waals surface area contributed by atoms with Crippen LogP contribution >= 0.6 is 11.6 Å². The van der Waals surface area contributed by atoms with E-state index < -0.39 is 0 Å². The number of hydrogen-bond acceptors (Lipinski definition) is 4. The molecule has 2 heterocycles. The van der Waals surface area contributed by atoms with Crippen LogP contribution in [0.2, 0.25) is 5.02 Å². The van der Waals surface area contributed by atoms with E-state index >= 15 is 0 Å². The maximum atomic E-state index is 13.1. The third-order valence-electron chi connectivity index (χ3n) is 3.71. The standard InChI is InChI=1S/C14H15ClFN3O/c1-14(5-2-6-17-8-14)13-18-12(19-20-13)10-4-3-9(16)7-11(10)15/h3-4,7,17H,2,5-6,8H2,1H3. The Bertz CT molecular complexity index is 623. The van der Waals surface area contributed by atoms with Crippen LogP contribution in [0.15, 0.2) is 22.7 Å². The first-order chi connectivity index (χ1) is 9.58. The number of aromatic nitrogens is 2. The summed E-state index contributed by atoms with van der Waals surface area (Å²) >= 11 is 6.02. The molecule has 3 rings (SSSR count). The highest BCUT2D eigenvalue weighted by Crippen LogP contribution is 2.32. The summed E-state index contributed by atoms with van der Waals surface area (Å²) in [5.74, 6) is 0.614. The predicted molar refractivity (Wildman–Crippen MR) is 74.2 cm³/mol. The first-order valence-electron chi connectivity index (χ1n) is 6.59. The zero-order valence-electron chi connectivity index (χ0n) is 11.1. The Morgan fingerprint density at radius 3 is 3.00 bits per heavy atom. The number of benzene rings is 1. The smallest absolute Gasteiger partial charge is 0.234 e. The fourth-order valence-electron chi connectivity index (χ4n) is 2.49. The molecule has 1 unspecified atom stereocenters. The van der Waals surface area contributed by atoms with E-state index in [0.29, 0.717) is 17.3 Å². The van der Waals surface area contributed by atoms with Gasteiger partial charge in [-0.05, 0) is 44.5 Å². The van der Waals surface area contributed by atoms with Crippen molar-refractivity contribution in [3.63, 3.8) is 0 Å². The van der Waals surface area contributed by atoms with Crippen molar-refractivity contribution in [2.24, 2.45) is 0 Å². The minimum absolute atomic E-state index is 0.157. The van der Waals surface area contributed by atoms with Crippen LogP contribution in [-0.2, 0) is 5.41 Å². The van der Waals surface area contributed by atoms with E-state index in [1.54, 1.807) is 6.07 Å². The van der Waals surface area contributed by atoms with Crippen LogP contribution in [0.1, 0.15) is 25.7 Å². The highest BCUT2D eigenvalue weighted by atomic mass is 35.5. The molecule has 0 aliphatic carbocycles. The summed E-state index contributed by atoms with van der Waals surface area (Å²) in [6.07, 6.45) is 2.07. The lowest BCUT2D eigenvalue weighted by Gasteiger charge is -2.30. The Morgan fingerprint density at radius 2 is 2.30 bits per heavy atom. The van der Waals surface area contributed by atoms with Crippen molar-refractivity contribution in [3.8, 4) is 11.4 Å². The van der Waals surface area contributed by atoms with Crippen LogP contribution in [0.3, 0.4) is 0 Å². The molecule has 0 radical (unpaired) electrons. The summed E-state index contributed by atoms with van der Waals surface area (Å²) in [5.41, 5.74) is 0.422. The number of nitrogens with one attached hydrogen (secondary N) is 1. The summed E-state index contributed by atoms with van der Waals surface area (Å²) in [6, 6.07) is 4.14. The van der Waals surface area contributed by atoms with Gasteiger partial charge in [-0.25, -0.2) is 4.39 Å². The van der Waals surface area contributed by atoms with Crippen molar-refractivity contribution in [1.29, 1.82) is 0 Å². The van der Waals surface area contributed by atoms with Gasteiger partial charge in [0.25, 0.3) is 0 Å². The molecule has 1 aliphatic rings. The average molecular weight is 296 g/mol. The van der Waals surface area contributed by atoms with Crippen LogP contribution < -0.4 is 5.32 Å². The third-order valence-corrected chi connectivity index (χ3v) is 4.02. The Labute approximate surface area is 121 Å². The zero-order chi connectivity index (χ0) is 14.2. The molecule has 20 heavy (non-hydrogen) atoms. The minimum Gasteiger partial charge on any atom is -0.338 e. The fourth-order valence-corrected chi connectivity index (χ4v) is 2.74. The summed E-state index contributed by atoms with van der Waals surface area (Å²) < 4.78 is 18.5. The number of hydrogen-bond donors (Lipinski definition) is 1. The SMILES string of the molecule is CC1(c2nc(-c3ccc(F)cc3Cl)no2)CCCNC1. The first-order valence-corrected chi connectivity index (χ1v) is 6.97. The van der Waals surface area contributed by atoms with Crippen LogP contribution in [0.4, 0.5) is 4.39 Å². The lowest BCUT2D eigenvalue weighted by atomic mass is 9.83. The molecule has 0 bridgehead atoms. The van der Waals surface area contributed by atoms with Crippen LogP contribution in [-0.4, -0.2) is 23.2 Å². The largest absolute Gasteiger partial charge is 0.338 e.